The molecule has 2 aromatic carbocycles. The second-order valence-corrected chi connectivity index (χ2v) is 6.77. The van der Waals surface area contributed by atoms with Crippen molar-refractivity contribution >= 4 is 28.4 Å². The van der Waals surface area contributed by atoms with Crippen LogP contribution >= 0.6 is 0 Å². The van der Waals surface area contributed by atoms with Crippen LogP contribution in [0.25, 0.3) is 10.9 Å². The fourth-order valence-corrected chi connectivity index (χ4v) is 3.23. The van der Waals surface area contributed by atoms with Gasteiger partial charge in [-0.2, -0.15) is 0 Å². The number of aromatic nitrogens is 1. The van der Waals surface area contributed by atoms with Gasteiger partial charge in [-0.3, -0.25) is 9.59 Å². The van der Waals surface area contributed by atoms with Crippen molar-refractivity contribution in [2.45, 2.75) is 13.0 Å². The standard InChI is InChI=1S/C21H21N3O5/c1-12(20(25)23-14-4-7-18-19(10-14)29-11-28-18)22-21(26)17-9-13-8-15(27-3)5-6-16(13)24(17)2/h4-10,12H,11H2,1-3H3,(H,22,26)(H,23,25). The van der Waals surface area contributed by atoms with Gasteiger partial charge in [0.25, 0.3) is 5.91 Å². The molecule has 0 radical (unpaired) electrons. The Hall–Kier alpha value is -3.68. The smallest absolute Gasteiger partial charge is 0.268 e. The number of anilines is 1. The molecule has 0 saturated heterocycles. The largest absolute Gasteiger partial charge is 0.497 e. The van der Waals surface area contributed by atoms with Gasteiger partial charge < -0.3 is 29.4 Å². The van der Waals surface area contributed by atoms with E-state index in [1.807, 2.05) is 18.2 Å². The molecule has 1 aliphatic rings. The third kappa shape index (κ3) is 3.56. The molecule has 150 valence electrons. The van der Waals surface area contributed by atoms with Gasteiger partial charge in [0.05, 0.1) is 7.11 Å². The quantitative estimate of drug-likeness (QED) is 0.693. The molecule has 0 saturated carbocycles. The number of hydrogen-bond acceptors (Lipinski definition) is 5. The van der Waals surface area contributed by atoms with E-state index in [2.05, 4.69) is 10.6 Å². The Morgan fingerprint density at radius 1 is 1.10 bits per heavy atom. The number of carbonyl (C=O) groups is 2. The number of fused-ring (bicyclic) bond motifs is 2. The molecule has 3 aromatic rings. The zero-order valence-corrected chi connectivity index (χ0v) is 16.3. The summed E-state index contributed by atoms with van der Waals surface area (Å²) in [5, 5.41) is 6.40. The van der Waals surface area contributed by atoms with Crippen molar-refractivity contribution < 1.29 is 23.8 Å². The zero-order valence-electron chi connectivity index (χ0n) is 16.3. The molecule has 1 unspecified atom stereocenters. The van der Waals surface area contributed by atoms with Gasteiger partial charge in [-0.1, -0.05) is 0 Å². The van der Waals surface area contributed by atoms with Crippen LogP contribution in [0.2, 0.25) is 0 Å². The second-order valence-electron chi connectivity index (χ2n) is 6.77. The highest BCUT2D eigenvalue weighted by Crippen LogP contribution is 2.34. The summed E-state index contributed by atoms with van der Waals surface area (Å²) in [6, 6.07) is 11.8. The third-order valence-corrected chi connectivity index (χ3v) is 4.86. The average molecular weight is 395 g/mol. The lowest BCUT2D eigenvalue weighted by Crippen LogP contribution is -2.42. The minimum atomic E-state index is -0.736. The number of nitrogens with one attached hydrogen (secondary N) is 2. The van der Waals surface area contributed by atoms with Crippen LogP contribution in [0, 0.1) is 0 Å². The Bertz CT molecular complexity index is 1110. The number of hydrogen-bond donors (Lipinski definition) is 2. The molecule has 1 aromatic heterocycles. The predicted molar refractivity (Wildman–Crippen MR) is 108 cm³/mol. The van der Waals surface area contributed by atoms with Crippen LogP contribution in [0.4, 0.5) is 5.69 Å². The molecular weight excluding hydrogens is 374 g/mol. The molecule has 4 rings (SSSR count). The topological polar surface area (TPSA) is 90.8 Å². The summed E-state index contributed by atoms with van der Waals surface area (Å²) in [5.41, 5.74) is 1.92. The van der Waals surface area contributed by atoms with E-state index in [0.717, 1.165) is 10.9 Å². The second kappa shape index (κ2) is 7.38. The first-order valence-electron chi connectivity index (χ1n) is 9.11. The van der Waals surface area contributed by atoms with Crippen molar-refractivity contribution in [3.63, 3.8) is 0 Å². The van der Waals surface area contributed by atoms with Gasteiger partial charge in [0.1, 0.15) is 17.5 Å². The maximum absolute atomic E-state index is 12.7. The number of carbonyl (C=O) groups excluding carboxylic acids is 2. The lowest BCUT2D eigenvalue weighted by atomic mass is 10.2. The number of ether oxygens (including phenoxy) is 3. The Kier molecular flexibility index (Phi) is 4.75. The van der Waals surface area contributed by atoms with Gasteiger partial charge in [-0.15, -0.1) is 0 Å². The van der Waals surface area contributed by atoms with E-state index in [-0.39, 0.29) is 18.6 Å². The van der Waals surface area contributed by atoms with Gasteiger partial charge in [0.2, 0.25) is 12.7 Å². The Labute approximate surface area is 167 Å². The zero-order chi connectivity index (χ0) is 20.5. The highest BCUT2D eigenvalue weighted by atomic mass is 16.7. The third-order valence-electron chi connectivity index (χ3n) is 4.86. The lowest BCUT2D eigenvalue weighted by molar-refractivity contribution is -0.117. The highest BCUT2D eigenvalue weighted by Gasteiger charge is 2.21. The minimum absolute atomic E-state index is 0.163. The molecule has 8 heteroatoms. The Morgan fingerprint density at radius 2 is 1.90 bits per heavy atom. The molecular formula is C21H21N3O5. The van der Waals surface area contributed by atoms with Crippen molar-refractivity contribution in [1.82, 2.24) is 9.88 Å². The fraction of sp³-hybridized carbons (Fsp3) is 0.238. The normalized spacial score (nSPS) is 13.2. The summed E-state index contributed by atoms with van der Waals surface area (Å²) < 4.78 is 17.6. The van der Waals surface area contributed by atoms with Crippen LogP contribution in [0.3, 0.4) is 0 Å². The minimum Gasteiger partial charge on any atom is -0.497 e. The van der Waals surface area contributed by atoms with Crippen molar-refractivity contribution in [2.75, 3.05) is 19.2 Å². The van der Waals surface area contributed by atoms with E-state index in [4.69, 9.17) is 14.2 Å². The molecule has 8 nitrogen and oxygen atoms in total. The van der Waals surface area contributed by atoms with Gasteiger partial charge >= 0.3 is 0 Å². The molecule has 2 N–H and O–H groups in total. The number of benzene rings is 2. The molecule has 1 aliphatic heterocycles. The van der Waals surface area contributed by atoms with Crippen LogP contribution in [-0.4, -0.2) is 36.3 Å². The summed E-state index contributed by atoms with van der Waals surface area (Å²) in [5.74, 6) is 1.25. The van der Waals surface area contributed by atoms with Gasteiger partial charge in [0, 0.05) is 29.7 Å². The van der Waals surface area contributed by atoms with Crippen molar-refractivity contribution in [1.29, 1.82) is 0 Å². The van der Waals surface area contributed by atoms with E-state index >= 15 is 0 Å². The molecule has 1 atom stereocenters. The highest BCUT2D eigenvalue weighted by molar-refractivity contribution is 6.03. The molecule has 0 aliphatic carbocycles. The summed E-state index contributed by atoms with van der Waals surface area (Å²) in [4.78, 5) is 25.2. The number of amides is 2. The number of aryl methyl sites for hydroxylation is 1. The molecule has 2 amide bonds. The van der Waals surface area contributed by atoms with E-state index in [1.54, 1.807) is 49.9 Å². The SMILES string of the molecule is COc1ccc2c(c1)cc(C(=O)NC(C)C(=O)Nc1ccc3c(c1)OCO3)n2C. The van der Waals surface area contributed by atoms with E-state index in [1.165, 1.54) is 0 Å². The summed E-state index contributed by atoms with van der Waals surface area (Å²) in [7, 11) is 3.40. The van der Waals surface area contributed by atoms with Crippen molar-refractivity contribution in [3.8, 4) is 17.2 Å². The molecule has 0 spiro atoms. The van der Waals surface area contributed by atoms with Crippen molar-refractivity contribution in [2.24, 2.45) is 7.05 Å². The number of nitrogens with zero attached hydrogens (tertiary/aromatic N) is 1. The van der Waals surface area contributed by atoms with Crippen molar-refractivity contribution in [3.05, 3.63) is 48.2 Å². The molecule has 0 fully saturated rings. The van der Waals surface area contributed by atoms with Crippen LogP contribution in [0.1, 0.15) is 17.4 Å². The molecule has 2 heterocycles. The first kappa shape index (κ1) is 18.7. The summed E-state index contributed by atoms with van der Waals surface area (Å²) >= 11 is 0. The number of methoxy groups -OCH3 is 1. The van der Waals surface area contributed by atoms with Gasteiger partial charge in [-0.05, 0) is 43.3 Å². The fourth-order valence-electron chi connectivity index (χ4n) is 3.23. The van der Waals surface area contributed by atoms with Crippen LogP contribution in [0.15, 0.2) is 42.5 Å². The molecule has 29 heavy (non-hydrogen) atoms. The Balaban J connectivity index is 1.45. The predicted octanol–water partition coefficient (Wildman–Crippen LogP) is 2.67. The first-order chi connectivity index (χ1) is 14.0. The monoisotopic (exact) mass is 395 g/mol. The van der Waals surface area contributed by atoms with E-state index in [0.29, 0.717) is 28.6 Å². The summed E-state index contributed by atoms with van der Waals surface area (Å²) in [6.45, 7) is 1.79. The number of rotatable bonds is 5. The van der Waals surface area contributed by atoms with Gasteiger partial charge in [-0.25, -0.2) is 0 Å². The maximum Gasteiger partial charge on any atom is 0.268 e. The van der Waals surface area contributed by atoms with Crippen LogP contribution in [0.5, 0.6) is 17.2 Å². The maximum atomic E-state index is 12.7. The van der Waals surface area contributed by atoms with Gasteiger partial charge in [0.15, 0.2) is 11.5 Å². The first-order valence-corrected chi connectivity index (χ1v) is 9.11. The van der Waals surface area contributed by atoms with Crippen LogP contribution < -0.4 is 24.8 Å². The van der Waals surface area contributed by atoms with E-state index in [9.17, 15) is 9.59 Å². The van der Waals surface area contributed by atoms with Crippen LogP contribution in [-0.2, 0) is 11.8 Å². The lowest BCUT2D eigenvalue weighted by Gasteiger charge is -2.15. The average Bonchev–Trinajstić information content (AvgIpc) is 3.31. The van der Waals surface area contributed by atoms with E-state index < -0.39 is 6.04 Å². The molecule has 0 bridgehead atoms. The Morgan fingerprint density at radius 3 is 2.69 bits per heavy atom. The summed E-state index contributed by atoms with van der Waals surface area (Å²) in [6.07, 6.45) is 0.